The number of rotatable bonds is 7. The zero-order chi connectivity index (χ0) is 19.1. The maximum Gasteiger partial charge on any atom is 0.272 e. The fourth-order valence-electron chi connectivity index (χ4n) is 2.64. The molecule has 0 aliphatic rings. The topological polar surface area (TPSA) is 58.1 Å². The van der Waals surface area contributed by atoms with E-state index in [1.54, 1.807) is 17.2 Å². The molecule has 0 atom stereocenters. The van der Waals surface area contributed by atoms with Crippen molar-refractivity contribution in [2.45, 2.75) is 20.0 Å². The van der Waals surface area contributed by atoms with Gasteiger partial charge in [0.15, 0.2) is 0 Å². The number of hydrogen-bond acceptors (Lipinski definition) is 4. The summed E-state index contributed by atoms with van der Waals surface area (Å²) in [4.78, 5) is 23.2. The highest BCUT2D eigenvalue weighted by Crippen LogP contribution is 2.12. The van der Waals surface area contributed by atoms with Crippen LogP contribution in [0.3, 0.4) is 0 Å². The standard InChI is InChI=1S/C21H21ClN4O/c1-2-26(15-17-6-4-3-5-7-17)20(27)19-12-13-23-21(25-19)24-14-16-8-10-18(22)11-9-16/h3-13H,2,14-15H2,1H3,(H,23,24,25). The normalized spacial score (nSPS) is 10.4. The summed E-state index contributed by atoms with van der Waals surface area (Å²) in [5.74, 6) is 0.310. The third-order valence-corrected chi connectivity index (χ3v) is 4.38. The summed E-state index contributed by atoms with van der Waals surface area (Å²) in [5, 5.41) is 3.84. The van der Waals surface area contributed by atoms with Gasteiger partial charge < -0.3 is 10.2 Å². The van der Waals surface area contributed by atoms with E-state index < -0.39 is 0 Å². The molecular formula is C21H21ClN4O. The highest BCUT2D eigenvalue weighted by atomic mass is 35.5. The van der Waals surface area contributed by atoms with Gasteiger partial charge in [0, 0.05) is 30.9 Å². The number of nitrogens with one attached hydrogen (secondary N) is 1. The van der Waals surface area contributed by atoms with E-state index in [0.29, 0.717) is 36.3 Å². The van der Waals surface area contributed by atoms with Crippen LogP contribution >= 0.6 is 11.6 Å². The number of carbonyl (C=O) groups is 1. The Morgan fingerprint density at radius 3 is 2.48 bits per heavy atom. The van der Waals surface area contributed by atoms with Gasteiger partial charge in [0.25, 0.3) is 5.91 Å². The minimum absolute atomic E-state index is 0.113. The van der Waals surface area contributed by atoms with Gasteiger partial charge in [0.1, 0.15) is 5.69 Å². The Bertz CT molecular complexity index is 884. The first-order valence-corrected chi connectivity index (χ1v) is 9.18. The molecule has 2 aromatic carbocycles. The average Bonchev–Trinajstić information content (AvgIpc) is 2.72. The molecule has 0 bridgehead atoms. The lowest BCUT2D eigenvalue weighted by Crippen LogP contribution is -2.31. The number of aromatic nitrogens is 2. The summed E-state index contributed by atoms with van der Waals surface area (Å²) >= 11 is 5.90. The molecule has 0 saturated carbocycles. The van der Waals surface area contributed by atoms with Crippen molar-refractivity contribution in [3.8, 4) is 0 Å². The van der Waals surface area contributed by atoms with Gasteiger partial charge in [-0.15, -0.1) is 0 Å². The number of anilines is 1. The zero-order valence-corrected chi connectivity index (χ0v) is 15.9. The molecular weight excluding hydrogens is 360 g/mol. The van der Waals surface area contributed by atoms with Gasteiger partial charge in [0.2, 0.25) is 5.95 Å². The lowest BCUT2D eigenvalue weighted by Gasteiger charge is -2.20. The number of benzene rings is 2. The van der Waals surface area contributed by atoms with Crippen LogP contribution in [-0.2, 0) is 13.1 Å². The molecule has 0 radical (unpaired) electrons. The maximum absolute atomic E-state index is 12.8. The quantitative estimate of drug-likeness (QED) is 0.659. The smallest absolute Gasteiger partial charge is 0.272 e. The number of nitrogens with zero attached hydrogens (tertiary/aromatic N) is 3. The number of halogens is 1. The Kier molecular flexibility index (Phi) is 6.39. The summed E-state index contributed by atoms with van der Waals surface area (Å²) in [6, 6.07) is 19.1. The highest BCUT2D eigenvalue weighted by Gasteiger charge is 2.16. The lowest BCUT2D eigenvalue weighted by molar-refractivity contribution is 0.0746. The first-order chi connectivity index (χ1) is 13.2. The number of amides is 1. The third-order valence-electron chi connectivity index (χ3n) is 4.12. The molecule has 5 nitrogen and oxygen atoms in total. The molecule has 138 valence electrons. The Labute approximate surface area is 164 Å². The van der Waals surface area contributed by atoms with Crippen molar-refractivity contribution < 1.29 is 4.79 Å². The lowest BCUT2D eigenvalue weighted by atomic mass is 10.2. The van der Waals surface area contributed by atoms with Crippen molar-refractivity contribution in [2.75, 3.05) is 11.9 Å². The Morgan fingerprint density at radius 1 is 1.04 bits per heavy atom. The Morgan fingerprint density at radius 2 is 1.78 bits per heavy atom. The molecule has 1 heterocycles. The van der Waals surface area contributed by atoms with E-state index in [-0.39, 0.29) is 5.91 Å². The van der Waals surface area contributed by atoms with Gasteiger partial charge in [-0.3, -0.25) is 4.79 Å². The van der Waals surface area contributed by atoms with Crippen LogP contribution in [0.2, 0.25) is 5.02 Å². The zero-order valence-electron chi connectivity index (χ0n) is 15.1. The van der Waals surface area contributed by atoms with Crippen LogP contribution in [0.5, 0.6) is 0 Å². The van der Waals surface area contributed by atoms with Gasteiger partial charge >= 0.3 is 0 Å². The summed E-state index contributed by atoms with van der Waals surface area (Å²) < 4.78 is 0. The SMILES string of the molecule is CCN(Cc1ccccc1)C(=O)c1ccnc(NCc2ccc(Cl)cc2)n1. The van der Waals surface area contributed by atoms with Crippen LogP contribution < -0.4 is 5.32 Å². The average molecular weight is 381 g/mol. The molecule has 0 fully saturated rings. The van der Waals surface area contributed by atoms with Crippen molar-refractivity contribution in [3.05, 3.63) is 88.7 Å². The van der Waals surface area contributed by atoms with E-state index >= 15 is 0 Å². The van der Waals surface area contributed by atoms with Gasteiger partial charge in [-0.2, -0.15) is 0 Å². The van der Waals surface area contributed by atoms with Crippen molar-refractivity contribution >= 4 is 23.5 Å². The number of hydrogen-bond donors (Lipinski definition) is 1. The minimum atomic E-state index is -0.113. The summed E-state index contributed by atoms with van der Waals surface area (Å²) in [5.41, 5.74) is 2.52. The largest absolute Gasteiger partial charge is 0.350 e. The summed E-state index contributed by atoms with van der Waals surface area (Å²) in [6.45, 7) is 3.66. The third kappa shape index (κ3) is 5.28. The molecule has 0 unspecified atom stereocenters. The van der Waals surface area contributed by atoms with Crippen LogP contribution in [-0.4, -0.2) is 27.3 Å². The first-order valence-electron chi connectivity index (χ1n) is 8.80. The molecule has 0 aliphatic heterocycles. The van der Waals surface area contributed by atoms with Crippen LogP contribution in [0.1, 0.15) is 28.5 Å². The molecule has 1 N–H and O–H groups in total. The molecule has 6 heteroatoms. The van der Waals surface area contributed by atoms with E-state index in [9.17, 15) is 4.79 Å². The second-order valence-corrected chi connectivity index (χ2v) is 6.49. The van der Waals surface area contributed by atoms with Gasteiger partial charge in [-0.05, 0) is 36.2 Å². The molecule has 0 spiro atoms. The monoisotopic (exact) mass is 380 g/mol. The van der Waals surface area contributed by atoms with Gasteiger partial charge in [-0.25, -0.2) is 9.97 Å². The van der Waals surface area contributed by atoms with Gasteiger partial charge in [0.05, 0.1) is 0 Å². The van der Waals surface area contributed by atoms with Crippen molar-refractivity contribution in [3.63, 3.8) is 0 Å². The molecule has 3 aromatic rings. The fourth-order valence-corrected chi connectivity index (χ4v) is 2.77. The van der Waals surface area contributed by atoms with Crippen molar-refractivity contribution in [1.29, 1.82) is 0 Å². The van der Waals surface area contributed by atoms with Crippen LogP contribution in [0.15, 0.2) is 66.9 Å². The molecule has 27 heavy (non-hydrogen) atoms. The van der Waals surface area contributed by atoms with E-state index in [1.165, 1.54) is 0 Å². The van der Waals surface area contributed by atoms with Crippen LogP contribution in [0.4, 0.5) is 5.95 Å². The minimum Gasteiger partial charge on any atom is -0.350 e. The maximum atomic E-state index is 12.8. The molecule has 3 rings (SSSR count). The van der Waals surface area contributed by atoms with Crippen LogP contribution in [0, 0.1) is 0 Å². The first kappa shape index (κ1) is 18.9. The van der Waals surface area contributed by atoms with E-state index in [1.807, 2.05) is 61.5 Å². The van der Waals surface area contributed by atoms with Gasteiger partial charge in [-0.1, -0.05) is 54.1 Å². The second kappa shape index (κ2) is 9.14. The molecule has 0 saturated heterocycles. The molecule has 0 aliphatic carbocycles. The predicted octanol–water partition coefficient (Wildman–Crippen LogP) is 4.40. The van der Waals surface area contributed by atoms with E-state index in [4.69, 9.17) is 11.6 Å². The molecule has 1 amide bonds. The van der Waals surface area contributed by atoms with Crippen LogP contribution in [0.25, 0.3) is 0 Å². The summed E-state index contributed by atoms with van der Waals surface area (Å²) in [7, 11) is 0. The summed E-state index contributed by atoms with van der Waals surface area (Å²) in [6.07, 6.45) is 1.60. The van der Waals surface area contributed by atoms with E-state index in [0.717, 1.165) is 11.1 Å². The molecule has 1 aromatic heterocycles. The van der Waals surface area contributed by atoms with Crippen molar-refractivity contribution in [2.24, 2.45) is 0 Å². The Balaban J connectivity index is 1.67. The van der Waals surface area contributed by atoms with E-state index in [2.05, 4.69) is 15.3 Å². The van der Waals surface area contributed by atoms with Crippen molar-refractivity contribution in [1.82, 2.24) is 14.9 Å². The Hall–Kier alpha value is -2.92. The highest BCUT2D eigenvalue weighted by molar-refractivity contribution is 6.30. The predicted molar refractivity (Wildman–Crippen MR) is 108 cm³/mol. The second-order valence-electron chi connectivity index (χ2n) is 6.05. The fraction of sp³-hybridized carbons (Fsp3) is 0.190. The number of carbonyl (C=O) groups excluding carboxylic acids is 1.